The van der Waals surface area contributed by atoms with Crippen molar-refractivity contribution in [2.75, 3.05) is 0 Å². The quantitative estimate of drug-likeness (QED) is 0.530. The topological polar surface area (TPSA) is 110 Å². The smallest absolute Gasteiger partial charge is 0.267 e. The molecule has 0 aromatic carbocycles. The molecule has 0 unspecified atom stereocenters. The zero-order valence-electron chi connectivity index (χ0n) is 8.60. The molecule has 15 heavy (non-hydrogen) atoms. The lowest BCUT2D eigenvalue weighted by atomic mass is 10.1. The zero-order chi connectivity index (χ0) is 12.0. The van der Waals surface area contributed by atoms with Crippen LogP contribution in [0.5, 0.6) is 0 Å². The molecule has 0 aliphatic rings. The van der Waals surface area contributed by atoms with Crippen molar-refractivity contribution in [3.63, 3.8) is 0 Å². The van der Waals surface area contributed by atoms with Gasteiger partial charge in [-0.2, -0.15) is 0 Å². The molecule has 1 aromatic rings. The summed E-state index contributed by atoms with van der Waals surface area (Å²) in [6.45, 7) is 5.17. The highest BCUT2D eigenvalue weighted by Gasteiger charge is 2.15. The molecule has 1 N–H and O–H groups in total. The van der Waals surface area contributed by atoms with Gasteiger partial charge in [0, 0.05) is 28.4 Å². The van der Waals surface area contributed by atoms with E-state index < -0.39 is 0 Å². The van der Waals surface area contributed by atoms with Gasteiger partial charge in [0.05, 0.1) is 4.92 Å². The van der Waals surface area contributed by atoms with E-state index in [1.165, 1.54) is 6.20 Å². The average molecular weight is 213 g/mol. The van der Waals surface area contributed by atoms with Gasteiger partial charge in [-0.1, -0.05) is 0 Å². The second-order valence-electron chi connectivity index (χ2n) is 2.84. The van der Waals surface area contributed by atoms with E-state index in [-0.39, 0.29) is 16.0 Å². The molecular formula is C8H11N3O4. The van der Waals surface area contributed by atoms with Crippen LogP contribution in [0.3, 0.4) is 0 Å². The summed E-state index contributed by atoms with van der Waals surface area (Å²) in [7, 11) is 0. The molecule has 0 spiro atoms. The summed E-state index contributed by atoms with van der Waals surface area (Å²) in [5.74, 6) is 0. The summed E-state index contributed by atoms with van der Waals surface area (Å²) in [4.78, 5) is 22.4. The minimum Gasteiger partial charge on any atom is -0.267 e. The summed E-state index contributed by atoms with van der Waals surface area (Å²) >= 11 is 0. The van der Waals surface area contributed by atoms with Crippen LogP contribution in [0.1, 0.15) is 16.8 Å². The Hall–Kier alpha value is -2.05. The SMILES string of the molecule is Cc1cnc(C)c(C)c1[N+](=O)[O-].O=[NH+][O-]. The maximum Gasteiger partial charge on any atom is 0.278 e. The second-order valence-corrected chi connectivity index (χ2v) is 2.84. The lowest BCUT2D eigenvalue weighted by Gasteiger charge is -2.02. The Morgan fingerprint density at radius 3 is 2.20 bits per heavy atom. The Bertz CT molecular complexity index is 378. The third-order valence-corrected chi connectivity index (χ3v) is 1.91. The fourth-order valence-corrected chi connectivity index (χ4v) is 1.10. The molecule has 0 atom stereocenters. The monoisotopic (exact) mass is 213 g/mol. The van der Waals surface area contributed by atoms with Crippen molar-refractivity contribution in [1.29, 1.82) is 0 Å². The molecule has 0 aliphatic heterocycles. The van der Waals surface area contributed by atoms with E-state index in [1.807, 2.05) is 0 Å². The minimum atomic E-state index is -0.362. The lowest BCUT2D eigenvalue weighted by Crippen LogP contribution is -2.53. The van der Waals surface area contributed by atoms with Crippen molar-refractivity contribution < 1.29 is 10.3 Å². The normalized spacial score (nSPS) is 8.73. The van der Waals surface area contributed by atoms with E-state index in [9.17, 15) is 10.1 Å². The number of rotatable bonds is 1. The second kappa shape index (κ2) is 5.63. The lowest BCUT2D eigenvalue weighted by molar-refractivity contribution is -0.398. The number of hydrogen-bond acceptors (Lipinski definition) is 5. The van der Waals surface area contributed by atoms with Gasteiger partial charge in [-0.25, -0.2) is 0 Å². The molecule has 7 nitrogen and oxygen atoms in total. The van der Waals surface area contributed by atoms with E-state index in [4.69, 9.17) is 10.1 Å². The molecule has 1 aromatic heterocycles. The van der Waals surface area contributed by atoms with Crippen LogP contribution in [-0.4, -0.2) is 9.91 Å². The summed E-state index contributed by atoms with van der Waals surface area (Å²) in [5.41, 5.74) is 2.16. The summed E-state index contributed by atoms with van der Waals surface area (Å²) in [6, 6.07) is 0. The van der Waals surface area contributed by atoms with E-state index >= 15 is 0 Å². The van der Waals surface area contributed by atoms with Crippen molar-refractivity contribution >= 4 is 5.69 Å². The molecular weight excluding hydrogens is 202 g/mol. The molecule has 0 saturated carbocycles. The first-order valence-electron chi connectivity index (χ1n) is 4.02. The average Bonchev–Trinajstić information content (AvgIpc) is 2.13. The summed E-state index contributed by atoms with van der Waals surface area (Å²) in [6.07, 6.45) is 1.53. The van der Waals surface area contributed by atoms with Crippen LogP contribution in [-0.2, 0) is 0 Å². The number of hydrogen-bond donors (Lipinski definition) is 1. The first-order chi connectivity index (χ1) is 6.95. The molecule has 7 heteroatoms. The van der Waals surface area contributed by atoms with Gasteiger partial charge >= 0.3 is 0 Å². The van der Waals surface area contributed by atoms with Crippen LogP contribution >= 0.6 is 0 Å². The maximum atomic E-state index is 10.6. The van der Waals surface area contributed by atoms with Crippen molar-refractivity contribution in [2.45, 2.75) is 20.8 Å². The molecule has 0 fully saturated rings. The molecule has 0 saturated heterocycles. The Labute approximate surface area is 85.8 Å². The van der Waals surface area contributed by atoms with Crippen molar-refractivity contribution in [2.24, 2.45) is 0 Å². The van der Waals surface area contributed by atoms with Gasteiger partial charge in [0.15, 0.2) is 0 Å². The van der Waals surface area contributed by atoms with Crippen LogP contribution in [0, 0.1) is 41.0 Å². The Kier molecular flexibility index (Phi) is 4.86. The fourth-order valence-electron chi connectivity index (χ4n) is 1.10. The highest BCUT2D eigenvalue weighted by Crippen LogP contribution is 2.22. The maximum absolute atomic E-state index is 10.6. The highest BCUT2D eigenvalue weighted by molar-refractivity contribution is 5.46. The third kappa shape index (κ3) is 3.29. The first kappa shape index (κ1) is 12.9. The number of nitrogens with zero attached hydrogens (tertiary/aromatic N) is 2. The summed E-state index contributed by atoms with van der Waals surface area (Å²) < 4.78 is 0. The Morgan fingerprint density at radius 1 is 1.40 bits per heavy atom. The van der Waals surface area contributed by atoms with Gasteiger partial charge in [0.1, 0.15) is 0 Å². The number of aryl methyl sites for hydroxylation is 2. The van der Waals surface area contributed by atoms with E-state index in [2.05, 4.69) is 4.98 Å². The molecule has 0 amide bonds. The highest BCUT2D eigenvalue weighted by atomic mass is 16.6. The molecule has 0 radical (unpaired) electrons. The van der Waals surface area contributed by atoms with Crippen LogP contribution in [0.15, 0.2) is 6.20 Å². The van der Waals surface area contributed by atoms with Gasteiger partial charge in [0.2, 0.25) is 0 Å². The van der Waals surface area contributed by atoms with Crippen molar-refractivity contribution in [3.8, 4) is 0 Å². The largest absolute Gasteiger partial charge is 0.278 e. The predicted octanol–water partition coefficient (Wildman–Crippen LogP) is 0.246. The van der Waals surface area contributed by atoms with Gasteiger partial charge < -0.3 is 0 Å². The molecule has 0 bridgehead atoms. The standard InChI is InChI=1S/C8H10N2O2.HNO2/c1-5-4-9-7(3)6(2)8(5)10(11)12;2-1-3/h4H,1-3H3;1H. The van der Waals surface area contributed by atoms with Crippen LogP contribution in [0.25, 0.3) is 0 Å². The Balaban J connectivity index is 0.000000583. The predicted molar refractivity (Wildman–Crippen MR) is 52.8 cm³/mol. The van der Waals surface area contributed by atoms with Gasteiger partial charge in [-0.05, 0) is 20.8 Å². The minimum absolute atomic E-state index is 0.183. The van der Waals surface area contributed by atoms with Crippen LogP contribution in [0.2, 0.25) is 0 Å². The number of nitro groups is 1. The number of nitrogens with one attached hydrogen (secondary N) is 1. The molecule has 1 rings (SSSR count). The van der Waals surface area contributed by atoms with Crippen molar-refractivity contribution in [1.82, 2.24) is 4.98 Å². The van der Waals surface area contributed by atoms with E-state index in [1.54, 1.807) is 20.8 Å². The van der Waals surface area contributed by atoms with Crippen molar-refractivity contribution in [3.05, 3.63) is 43.2 Å². The third-order valence-electron chi connectivity index (χ3n) is 1.91. The van der Waals surface area contributed by atoms with Crippen LogP contribution < -0.4 is 5.34 Å². The first-order valence-corrected chi connectivity index (χ1v) is 4.02. The zero-order valence-corrected chi connectivity index (χ0v) is 8.60. The Morgan fingerprint density at radius 2 is 1.87 bits per heavy atom. The van der Waals surface area contributed by atoms with Gasteiger partial charge in [-0.3, -0.25) is 25.2 Å². The van der Waals surface area contributed by atoms with Gasteiger partial charge in [0.25, 0.3) is 5.69 Å². The van der Waals surface area contributed by atoms with E-state index in [0.29, 0.717) is 16.8 Å². The number of aromatic nitrogens is 1. The molecule has 0 aliphatic carbocycles. The van der Waals surface area contributed by atoms with Crippen LogP contribution in [0.4, 0.5) is 5.69 Å². The molecule has 1 heterocycles. The van der Waals surface area contributed by atoms with E-state index in [0.717, 1.165) is 0 Å². The van der Waals surface area contributed by atoms with Gasteiger partial charge in [-0.15, -0.1) is 0 Å². The number of pyridine rings is 1. The summed E-state index contributed by atoms with van der Waals surface area (Å²) in [5, 5.41) is 18.9. The fraction of sp³-hybridized carbons (Fsp3) is 0.375. The molecule has 82 valence electrons.